The van der Waals surface area contributed by atoms with Crippen LogP contribution in [0.1, 0.15) is 55.4 Å². The van der Waals surface area contributed by atoms with Crippen molar-refractivity contribution in [2.45, 2.75) is 55.4 Å². The van der Waals surface area contributed by atoms with Crippen molar-refractivity contribution in [3.63, 3.8) is 0 Å². The van der Waals surface area contributed by atoms with Gasteiger partial charge in [-0.2, -0.15) is 9.13 Å². The van der Waals surface area contributed by atoms with Gasteiger partial charge in [-0.1, -0.05) is 35.4 Å². The van der Waals surface area contributed by atoms with Gasteiger partial charge in [0.15, 0.2) is 5.97 Å². The molecule has 0 fully saturated rings. The van der Waals surface area contributed by atoms with E-state index in [9.17, 15) is 9.90 Å². The fraction of sp³-hybridized carbons (Fsp3) is 0.333. The van der Waals surface area contributed by atoms with Gasteiger partial charge in [0.05, 0.1) is 0 Å². The number of benzene rings is 2. The number of carboxylic acids is 1. The highest BCUT2D eigenvalue weighted by molar-refractivity contribution is 5.82. The van der Waals surface area contributed by atoms with Crippen LogP contribution in [0.25, 0.3) is 11.4 Å². The Kier molecular flexibility index (Phi) is 4.92. The molecule has 0 N–H and O–H groups in total. The number of hydrogen-bond donors (Lipinski definition) is 0. The van der Waals surface area contributed by atoms with Crippen molar-refractivity contribution >= 4 is 5.97 Å². The number of aromatic nitrogens is 2. The predicted molar refractivity (Wildman–Crippen MR) is 110 cm³/mol. The number of hydrogen-bond acceptors (Lipinski definition) is 2. The van der Waals surface area contributed by atoms with Crippen LogP contribution in [0.4, 0.5) is 0 Å². The minimum absolute atomic E-state index is 0.153. The second-order valence-corrected chi connectivity index (χ2v) is 7.95. The van der Waals surface area contributed by atoms with Crippen molar-refractivity contribution in [3.8, 4) is 11.4 Å². The third-order valence-electron chi connectivity index (χ3n) is 5.52. The van der Waals surface area contributed by atoms with Crippen molar-refractivity contribution in [3.05, 3.63) is 74.9 Å². The van der Waals surface area contributed by atoms with Gasteiger partial charge in [-0.25, -0.2) is 0 Å². The highest BCUT2D eigenvalue weighted by atomic mass is 16.4. The number of carboxylic acid groups (broad SMARTS) is 1. The monoisotopic (exact) mass is 376 g/mol. The smallest absolute Gasteiger partial charge is 0.315 e. The zero-order valence-corrected chi connectivity index (χ0v) is 18.0. The van der Waals surface area contributed by atoms with Gasteiger partial charge in [-0.3, -0.25) is 0 Å². The zero-order valence-electron chi connectivity index (χ0n) is 18.0. The first kappa shape index (κ1) is 19.9. The zero-order chi connectivity index (χ0) is 20.9. The van der Waals surface area contributed by atoms with Crippen LogP contribution in [-0.2, 0) is 0 Å². The summed E-state index contributed by atoms with van der Waals surface area (Å²) in [6.07, 6.45) is 0. The molecule has 0 spiro atoms. The molecule has 0 amide bonds. The molecule has 4 heteroatoms. The number of carbonyl (C=O) groups excluding carboxylic acids is 1. The molecule has 0 saturated carbocycles. The number of nitrogens with zero attached hydrogens (tertiary/aromatic N) is 2. The summed E-state index contributed by atoms with van der Waals surface area (Å²) in [5.41, 5.74) is 10.1. The normalized spacial score (nSPS) is 11.1. The molecule has 146 valence electrons. The first-order valence-electron chi connectivity index (χ1n) is 9.56. The first-order valence-corrected chi connectivity index (χ1v) is 9.56. The molecule has 4 nitrogen and oxygen atoms in total. The summed E-state index contributed by atoms with van der Waals surface area (Å²) in [6, 6.07) is 8.34. The average molecular weight is 377 g/mol. The molecule has 28 heavy (non-hydrogen) atoms. The largest absolute Gasteiger partial charge is 0.538 e. The van der Waals surface area contributed by atoms with Gasteiger partial charge in [0.1, 0.15) is 22.8 Å². The summed E-state index contributed by atoms with van der Waals surface area (Å²) >= 11 is 0. The Morgan fingerprint density at radius 3 is 1.64 bits per heavy atom. The summed E-state index contributed by atoms with van der Waals surface area (Å²) in [4.78, 5) is 12.4. The number of imidazole rings is 1. The summed E-state index contributed by atoms with van der Waals surface area (Å²) in [5.74, 6) is -1.03. The molecular formula is C24H28N2O2. The molecule has 0 bridgehead atoms. The standard InChI is InChI=1S/C24H28N2O2/c1-13-9-15(3)21(16(4)10-13)25-19(7)20(8)26(23(25)24(27)28)22-17(5)11-14(2)12-18(22)6/h9-12H,1-8H3. The third kappa shape index (κ3) is 3.03. The maximum atomic E-state index is 12.4. The van der Waals surface area contributed by atoms with Crippen molar-refractivity contribution in [1.82, 2.24) is 4.57 Å². The molecule has 3 aromatic rings. The maximum Gasteiger partial charge on any atom is 0.315 e. The van der Waals surface area contributed by atoms with Gasteiger partial charge >= 0.3 is 5.82 Å². The van der Waals surface area contributed by atoms with Crippen molar-refractivity contribution in [1.29, 1.82) is 0 Å². The Morgan fingerprint density at radius 1 is 0.786 bits per heavy atom. The Morgan fingerprint density at radius 2 is 1.21 bits per heavy atom. The van der Waals surface area contributed by atoms with E-state index in [4.69, 9.17) is 0 Å². The van der Waals surface area contributed by atoms with E-state index < -0.39 is 5.97 Å². The van der Waals surface area contributed by atoms with E-state index in [2.05, 4.69) is 38.1 Å². The predicted octanol–water partition coefficient (Wildman–Crippen LogP) is 3.58. The molecule has 3 rings (SSSR count). The van der Waals surface area contributed by atoms with Crippen LogP contribution in [0, 0.1) is 55.4 Å². The Hall–Kier alpha value is -2.88. The van der Waals surface area contributed by atoms with Crippen LogP contribution < -0.4 is 9.67 Å². The Bertz CT molecular complexity index is 993. The minimum atomic E-state index is -1.19. The first-order chi connectivity index (χ1) is 13.0. The highest BCUT2D eigenvalue weighted by Gasteiger charge is 2.32. The second-order valence-electron chi connectivity index (χ2n) is 7.95. The van der Waals surface area contributed by atoms with Crippen LogP contribution in [-0.4, -0.2) is 10.5 Å². The van der Waals surface area contributed by atoms with Gasteiger partial charge in [-0.15, -0.1) is 0 Å². The van der Waals surface area contributed by atoms with E-state index in [1.54, 1.807) is 0 Å². The molecule has 0 atom stereocenters. The number of rotatable bonds is 3. The summed E-state index contributed by atoms with van der Waals surface area (Å²) < 4.78 is 3.68. The lowest BCUT2D eigenvalue weighted by molar-refractivity contribution is -0.608. The molecule has 0 unspecified atom stereocenters. The molecule has 0 saturated heterocycles. The van der Waals surface area contributed by atoms with E-state index in [0.717, 1.165) is 56.1 Å². The van der Waals surface area contributed by atoms with Crippen LogP contribution in [0.3, 0.4) is 0 Å². The summed E-state index contributed by atoms with van der Waals surface area (Å²) in [5, 5.41) is 12.4. The molecule has 0 aliphatic rings. The van der Waals surface area contributed by atoms with Gasteiger partial charge in [0.2, 0.25) is 0 Å². The minimum Gasteiger partial charge on any atom is -0.538 e. The molecular weight excluding hydrogens is 348 g/mol. The van der Waals surface area contributed by atoms with Crippen molar-refractivity contribution in [2.24, 2.45) is 0 Å². The lowest BCUT2D eigenvalue weighted by Gasteiger charge is -2.14. The van der Waals surface area contributed by atoms with E-state index in [0.29, 0.717) is 0 Å². The lowest BCUT2D eigenvalue weighted by atomic mass is 10.0. The average Bonchev–Trinajstić information content (AvgIpc) is 2.79. The molecule has 1 heterocycles. The molecule has 0 radical (unpaired) electrons. The number of aryl methyl sites for hydroxylation is 6. The lowest BCUT2D eigenvalue weighted by Crippen LogP contribution is -2.45. The van der Waals surface area contributed by atoms with Crippen molar-refractivity contribution < 1.29 is 14.5 Å². The fourth-order valence-corrected chi connectivity index (χ4v) is 4.52. The Balaban J connectivity index is 2.49. The quantitative estimate of drug-likeness (QED) is 0.656. The highest BCUT2D eigenvalue weighted by Crippen LogP contribution is 2.27. The van der Waals surface area contributed by atoms with Crippen LogP contribution in [0.2, 0.25) is 0 Å². The van der Waals surface area contributed by atoms with Crippen LogP contribution in [0.15, 0.2) is 24.3 Å². The van der Waals surface area contributed by atoms with E-state index in [-0.39, 0.29) is 5.82 Å². The van der Waals surface area contributed by atoms with Gasteiger partial charge < -0.3 is 9.90 Å². The van der Waals surface area contributed by atoms with Crippen LogP contribution in [0.5, 0.6) is 0 Å². The maximum absolute atomic E-state index is 12.4. The van der Waals surface area contributed by atoms with E-state index in [1.807, 2.05) is 50.7 Å². The van der Waals surface area contributed by atoms with Crippen molar-refractivity contribution in [2.75, 3.05) is 0 Å². The van der Waals surface area contributed by atoms with E-state index in [1.165, 1.54) is 0 Å². The Labute approximate surface area is 167 Å². The molecule has 0 aliphatic heterocycles. The van der Waals surface area contributed by atoms with Gasteiger partial charge in [0.25, 0.3) is 0 Å². The molecule has 0 aliphatic carbocycles. The number of carbonyl (C=O) groups is 1. The second kappa shape index (κ2) is 6.93. The number of aromatic carboxylic acids is 1. The topological polar surface area (TPSA) is 48.9 Å². The van der Waals surface area contributed by atoms with Gasteiger partial charge in [0, 0.05) is 13.8 Å². The SMILES string of the molecule is Cc1cc(C)c(-n2c(C)c(C)[n+](-c3c(C)cc(C)cc3C)c2C(=O)[O-])c(C)c1. The third-order valence-corrected chi connectivity index (χ3v) is 5.52. The summed E-state index contributed by atoms with van der Waals surface area (Å²) in [7, 11) is 0. The van der Waals surface area contributed by atoms with Crippen LogP contribution >= 0.6 is 0 Å². The van der Waals surface area contributed by atoms with Gasteiger partial charge in [-0.05, 0) is 63.8 Å². The van der Waals surface area contributed by atoms with E-state index >= 15 is 0 Å². The summed E-state index contributed by atoms with van der Waals surface area (Å²) in [6.45, 7) is 16.1. The fourth-order valence-electron chi connectivity index (χ4n) is 4.52. The molecule has 1 aromatic heterocycles. The molecule has 2 aromatic carbocycles.